The number of rotatable bonds is 3. The third kappa shape index (κ3) is 2.13. The van der Waals surface area contributed by atoms with Crippen LogP contribution in [0.1, 0.15) is 28.8 Å². The molecule has 0 aromatic heterocycles. The van der Waals surface area contributed by atoms with Gasteiger partial charge < -0.3 is 10.6 Å². The van der Waals surface area contributed by atoms with Crippen LogP contribution in [0.4, 0.5) is 11.4 Å². The smallest absolute Gasteiger partial charge is 0.275 e. The van der Waals surface area contributed by atoms with Crippen molar-refractivity contribution in [1.82, 2.24) is 0 Å². The maximum Gasteiger partial charge on any atom is 0.275 e. The van der Waals surface area contributed by atoms with Gasteiger partial charge in [-0.3, -0.25) is 14.9 Å². The van der Waals surface area contributed by atoms with Gasteiger partial charge in [0, 0.05) is 30.4 Å². The van der Waals surface area contributed by atoms with Crippen LogP contribution in [0.3, 0.4) is 0 Å². The normalized spacial score (nSPS) is 14.8. The highest BCUT2D eigenvalue weighted by molar-refractivity contribution is 5.95. The Hall–Kier alpha value is -2.11. The molecule has 0 bridgehead atoms. The number of hydrogen-bond donors (Lipinski definition) is 1. The second kappa shape index (κ2) is 4.64. The Morgan fingerprint density at radius 2 is 2.00 bits per heavy atom. The standard InChI is InChI=1S/C12H15N3O3/c1-8-10(14-4-2-3-5-14)6-9(12(13)16)7-11(8)15(17)18/h6-7H,2-5H2,1H3,(H2,13,16). The van der Waals surface area contributed by atoms with E-state index >= 15 is 0 Å². The molecule has 1 aromatic rings. The first-order valence-electron chi connectivity index (χ1n) is 5.84. The van der Waals surface area contributed by atoms with Crippen LogP contribution in [-0.4, -0.2) is 23.9 Å². The second-order valence-corrected chi connectivity index (χ2v) is 4.46. The molecule has 1 aliphatic heterocycles. The van der Waals surface area contributed by atoms with Gasteiger partial charge >= 0.3 is 0 Å². The third-order valence-corrected chi connectivity index (χ3v) is 3.28. The number of carbonyl (C=O) groups is 1. The van der Waals surface area contributed by atoms with E-state index in [4.69, 9.17) is 5.73 Å². The van der Waals surface area contributed by atoms with Crippen molar-refractivity contribution in [2.24, 2.45) is 5.73 Å². The van der Waals surface area contributed by atoms with E-state index in [2.05, 4.69) is 4.90 Å². The Labute approximate surface area is 105 Å². The molecule has 0 radical (unpaired) electrons. The zero-order valence-corrected chi connectivity index (χ0v) is 10.2. The lowest BCUT2D eigenvalue weighted by Crippen LogP contribution is -2.21. The third-order valence-electron chi connectivity index (χ3n) is 3.28. The molecule has 0 saturated carbocycles. The number of hydrogen-bond acceptors (Lipinski definition) is 4. The SMILES string of the molecule is Cc1c(N2CCCC2)cc(C(N)=O)cc1[N+](=O)[O-]. The number of anilines is 1. The van der Waals surface area contributed by atoms with Gasteiger partial charge in [-0.25, -0.2) is 0 Å². The number of nitrogens with zero attached hydrogens (tertiary/aromatic N) is 2. The lowest BCUT2D eigenvalue weighted by molar-refractivity contribution is -0.385. The quantitative estimate of drug-likeness (QED) is 0.650. The van der Waals surface area contributed by atoms with E-state index in [-0.39, 0.29) is 11.3 Å². The summed E-state index contributed by atoms with van der Waals surface area (Å²) in [5.74, 6) is -0.640. The maximum atomic E-state index is 11.2. The molecule has 2 N–H and O–H groups in total. The number of carbonyl (C=O) groups excluding carboxylic acids is 1. The number of amides is 1. The van der Waals surface area contributed by atoms with E-state index in [1.54, 1.807) is 13.0 Å². The second-order valence-electron chi connectivity index (χ2n) is 4.46. The van der Waals surface area contributed by atoms with Crippen LogP contribution in [0.15, 0.2) is 12.1 Å². The summed E-state index contributed by atoms with van der Waals surface area (Å²) < 4.78 is 0. The van der Waals surface area contributed by atoms with Crippen molar-refractivity contribution in [3.05, 3.63) is 33.4 Å². The fraction of sp³-hybridized carbons (Fsp3) is 0.417. The number of primary amides is 1. The molecule has 18 heavy (non-hydrogen) atoms. The van der Waals surface area contributed by atoms with E-state index in [0.29, 0.717) is 5.56 Å². The molecule has 0 spiro atoms. The van der Waals surface area contributed by atoms with Crippen molar-refractivity contribution in [3.8, 4) is 0 Å². The van der Waals surface area contributed by atoms with Crippen molar-refractivity contribution in [2.75, 3.05) is 18.0 Å². The molecule has 1 fully saturated rings. The minimum atomic E-state index is -0.640. The van der Waals surface area contributed by atoms with Gasteiger partial charge in [0.2, 0.25) is 5.91 Å². The number of nitro benzene ring substituents is 1. The predicted molar refractivity (Wildman–Crippen MR) is 67.8 cm³/mol. The number of benzene rings is 1. The molecule has 2 rings (SSSR count). The van der Waals surface area contributed by atoms with Gasteiger partial charge in [-0.2, -0.15) is 0 Å². The van der Waals surface area contributed by atoms with Gasteiger partial charge in [-0.1, -0.05) is 0 Å². The number of nitro groups is 1. The predicted octanol–water partition coefficient (Wildman–Crippen LogP) is 1.60. The van der Waals surface area contributed by atoms with Crippen LogP contribution < -0.4 is 10.6 Å². The molecule has 0 atom stereocenters. The Bertz CT molecular complexity index is 508. The Morgan fingerprint density at radius 3 is 2.50 bits per heavy atom. The van der Waals surface area contributed by atoms with Crippen molar-refractivity contribution < 1.29 is 9.72 Å². The fourth-order valence-electron chi connectivity index (χ4n) is 2.30. The molecule has 1 heterocycles. The molecule has 96 valence electrons. The van der Waals surface area contributed by atoms with Gasteiger partial charge in [0.05, 0.1) is 10.5 Å². The van der Waals surface area contributed by atoms with Crippen molar-refractivity contribution in [2.45, 2.75) is 19.8 Å². The first-order valence-corrected chi connectivity index (χ1v) is 5.84. The molecule has 0 unspecified atom stereocenters. The van der Waals surface area contributed by atoms with Gasteiger partial charge in [-0.05, 0) is 25.8 Å². The Morgan fingerprint density at radius 1 is 1.39 bits per heavy atom. The van der Waals surface area contributed by atoms with Crippen LogP contribution in [0.25, 0.3) is 0 Å². The monoisotopic (exact) mass is 249 g/mol. The lowest BCUT2D eigenvalue weighted by Gasteiger charge is -2.20. The largest absolute Gasteiger partial charge is 0.371 e. The average Bonchev–Trinajstić information content (AvgIpc) is 2.81. The van der Waals surface area contributed by atoms with E-state index in [1.807, 2.05) is 0 Å². The summed E-state index contributed by atoms with van der Waals surface area (Å²) >= 11 is 0. The molecule has 6 nitrogen and oxygen atoms in total. The molecular weight excluding hydrogens is 234 g/mol. The molecule has 1 aliphatic rings. The molecule has 1 amide bonds. The minimum Gasteiger partial charge on any atom is -0.371 e. The average molecular weight is 249 g/mol. The van der Waals surface area contributed by atoms with E-state index in [1.165, 1.54) is 6.07 Å². The highest BCUT2D eigenvalue weighted by Crippen LogP contribution is 2.32. The summed E-state index contributed by atoms with van der Waals surface area (Å²) in [5, 5.41) is 11.0. The zero-order chi connectivity index (χ0) is 13.3. The van der Waals surface area contributed by atoms with Crippen molar-refractivity contribution in [1.29, 1.82) is 0 Å². The molecule has 0 aliphatic carbocycles. The van der Waals surface area contributed by atoms with Gasteiger partial charge in [0.1, 0.15) is 0 Å². The molecule has 6 heteroatoms. The van der Waals surface area contributed by atoms with Crippen LogP contribution in [0, 0.1) is 17.0 Å². The summed E-state index contributed by atoms with van der Waals surface area (Å²) in [5.41, 5.74) is 6.70. The van der Waals surface area contributed by atoms with Crippen molar-refractivity contribution in [3.63, 3.8) is 0 Å². The Kier molecular flexibility index (Phi) is 3.18. The highest BCUT2D eigenvalue weighted by Gasteiger charge is 2.23. The van der Waals surface area contributed by atoms with Crippen LogP contribution >= 0.6 is 0 Å². The minimum absolute atomic E-state index is 0.0480. The summed E-state index contributed by atoms with van der Waals surface area (Å²) in [6.07, 6.45) is 2.13. The maximum absolute atomic E-state index is 11.2. The molecule has 1 aromatic carbocycles. The summed E-state index contributed by atoms with van der Waals surface area (Å²) in [6, 6.07) is 2.90. The first kappa shape index (κ1) is 12.3. The molecule has 1 saturated heterocycles. The van der Waals surface area contributed by atoms with E-state index < -0.39 is 10.8 Å². The van der Waals surface area contributed by atoms with Crippen LogP contribution in [-0.2, 0) is 0 Å². The van der Waals surface area contributed by atoms with Crippen LogP contribution in [0.2, 0.25) is 0 Å². The van der Waals surface area contributed by atoms with Gasteiger partial charge in [0.25, 0.3) is 5.69 Å². The summed E-state index contributed by atoms with van der Waals surface area (Å²) in [7, 11) is 0. The molecular formula is C12H15N3O3. The lowest BCUT2D eigenvalue weighted by atomic mass is 10.1. The fourth-order valence-corrected chi connectivity index (χ4v) is 2.30. The summed E-state index contributed by atoms with van der Waals surface area (Å²) in [6.45, 7) is 3.43. The highest BCUT2D eigenvalue weighted by atomic mass is 16.6. The zero-order valence-electron chi connectivity index (χ0n) is 10.2. The van der Waals surface area contributed by atoms with Gasteiger partial charge in [0.15, 0.2) is 0 Å². The topological polar surface area (TPSA) is 89.5 Å². The summed E-state index contributed by atoms with van der Waals surface area (Å²) in [4.78, 5) is 23.8. The van der Waals surface area contributed by atoms with Gasteiger partial charge in [-0.15, -0.1) is 0 Å². The van der Waals surface area contributed by atoms with E-state index in [0.717, 1.165) is 31.6 Å². The van der Waals surface area contributed by atoms with Crippen LogP contribution in [0.5, 0.6) is 0 Å². The van der Waals surface area contributed by atoms with E-state index in [9.17, 15) is 14.9 Å². The first-order chi connectivity index (χ1) is 8.50. The van der Waals surface area contributed by atoms with Crippen molar-refractivity contribution >= 4 is 17.3 Å². The Balaban J connectivity index is 2.55. The number of nitrogens with two attached hydrogens (primary N) is 1.